The van der Waals surface area contributed by atoms with Crippen molar-refractivity contribution in [1.29, 1.82) is 0 Å². The lowest BCUT2D eigenvalue weighted by Gasteiger charge is -2.47. The van der Waals surface area contributed by atoms with Crippen LogP contribution in [-0.2, 0) is 0 Å². The van der Waals surface area contributed by atoms with Gasteiger partial charge in [-0.3, -0.25) is 0 Å². The summed E-state index contributed by atoms with van der Waals surface area (Å²) in [5.41, 5.74) is 7.19. The van der Waals surface area contributed by atoms with E-state index in [1.165, 1.54) is 58.0 Å². The van der Waals surface area contributed by atoms with Gasteiger partial charge < -0.3 is 11.1 Å². The summed E-state index contributed by atoms with van der Waals surface area (Å²) in [6, 6.07) is 0.400. The first-order chi connectivity index (χ1) is 9.35. The zero-order valence-electron chi connectivity index (χ0n) is 14.2. The maximum atomic E-state index is 6.26. The van der Waals surface area contributed by atoms with Gasteiger partial charge in [-0.05, 0) is 54.9 Å². The van der Waals surface area contributed by atoms with E-state index in [1.54, 1.807) is 0 Å². The van der Waals surface area contributed by atoms with Gasteiger partial charge in [0, 0.05) is 12.6 Å². The summed E-state index contributed by atoms with van der Waals surface area (Å²) in [7, 11) is 0. The lowest BCUT2D eigenvalue weighted by atomic mass is 9.61. The molecular weight excluding hydrogens is 244 g/mol. The van der Waals surface area contributed by atoms with E-state index < -0.39 is 0 Å². The van der Waals surface area contributed by atoms with Crippen LogP contribution in [0.3, 0.4) is 0 Å². The first kappa shape index (κ1) is 16.3. The van der Waals surface area contributed by atoms with Crippen LogP contribution in [0.2, 0.25) is 0 Å². The Morgan fingerprint density at radius 1 is 1.05 bits per heavy atom. The Morgan fingerprint density at radius 3 is 2.35 bits per heavy atom. The minimum absolute atomic E-state index is 0.373. The summed E-state index contributed by atoms with van der Waals surface area (Å²) in [4.78, 5) is 0. The molecule has 2 rings (SSSR count). The van der Waals surface area contributed by atoms with Gasteiger partial charge in [0.25, 0.3) is 0 Å². The average Bonchev–Trinajstić information content (AvgIpc) is 2.40. The van der Waals surface area contributed by atoms with Gasteiger partial charge in [0.15, 0.2) is 0 Å². The Hall–Kier alpha value is -0.0800. The monoisotopic (exact) mass is 280 g/mol. The predicted octanol–water partition coefficient (Wildman–Crippen LogP) is 3.95. The fourth-order valence-electron chi connectivity index (χ4n) is 4.43. The van der Waals surface area contributed by atoms with Crippen LogP contribution in [0.5, 0.6) is 0 Å². The SMILES string of the molecule is CC1C(N)CCC(CNCC2(C)CCCCC2)C1(C)C. The smallest absolute Gasteiger partial charge is 0.00698 e. The topological polar surface area (TPSA) is 38.0 Å². The van der Waals surface area contributed by atoms with Crippen molar-refractivity contribution in [2.45, 2.75) is 78.7 Å². The van der Waals surface area contributed by atoms with E-state index in [-0.39, 0.29) is 0 Å². The van der Waals surface area contributed by atoms with Gasteiger partial charge in [-0.25, -0.2) is 0 Å². The maximum Gasteiger partial charge on any atom is 0.00698 e. The number of hydrogen-bond acceptors (Lipinski definition) is 2. The molecule has 3 atom stereocenters. The highest BCUT2D eigenvalue weighted by molar-refractivity contribution is 4.94. The van der Waals surface area contributed by atoms with Gasteiger partial charge in [-0.15, -0.1) is 0 Å². The van der Waals surface area contributed by atoms with E-state index in [4.69, 9.17) is 5.73 Å². The predicted molar refractivity (Wildman–Crippen MR) is 87.7 cm³/mol. The quantitative estimate of drug-likeness (QED) is 0.818. The minimum Gasteiger partial charge on any atom is -0.327 e. The average molecular weight is 280 g/mol. The molecule has 118 valence electrons. The molecule has 0 aliphatic heterocycles. The molecule has 0 amide bonds. The Labute approximate surface area is 126 Å². The van der Waals surface area contributed by atoms with Crippen LogP contribution in [-0.4, -0.2) is 19.1 Å². The molecule has 3 N–H and O–H groups in total. The molecule has 0 aromatic heterocycles. The van der Waals surface area contributed by atoms with Crippen molar-refractivity contribution in [2.24, 2.45) is 28.4 Å². The first-order valence-corrected chi connectivity index (χ1v) is 8.81. The zero-order valence-corrected chi connectivity index (χ0v) is 14.2. The van der Waals surface area contributed by atoms with E-state index in [2.05, 4.69) is 33.0 Å². The van der Waals surface area contributed by atoms with Crippen molar-refractivity contribution in [2.75, 3.05) is 13.1 Å². The van der Waals surface area contributed by atoms with Crippen LogP contribution in [0.1, 0.15) is 72.6 Å². The molecule has 0 spiro atoms. The molecule has 0 bridgehead atoms. The summed E-state index contributed by atoms with van der Waals surface area (Å²) in [5, 5.41) is 3.82. The van der Waals surface area contributed by atoms with E-state index in [0.29, 0.717) is 22.8 Å². The lowest BCUT2D eigenvalue weighted by molar-refractivity contribution is 0.0513. The fraction of sp³-hybridized carbons (Fsp3) is 1.00. The molecule has 0 radical (unpaired) electrons. The Balaban J connectivity index is 1.81. The Morgan fingerprint density at radius 2 is 1.70 bits per heavy atom. The first-order valence-electron chi connectivity index (χ1n) is 8.81. The zero-order chi connectivity index (χ0) is 14.8. The third-order valence-corrected chi connectivity index (χ3v) is 6.72. The molecule has 2 nitrogen and oxygen atoms in total. The van der Waals surface area contributed by atoms with Gasteiger partial charge >= 0.3 is 0 Å². The normalized spacial score (nSPS) is 36.8. The van der Waals surface area contributed by atoms with Crippen molar-refractivity contribution < 1.29 is 0 Å². The molecule has 2 saturated carbocycles. The minimum atomic E-state index is 0.373. The summed E-state index contributed by atoms with van der Waals surface area (Å²) in [6.07, 6.45) is 9.62. The van der Waals surface area contributed by atoms with E-state index >= 15 is 0 Å². The second-order valence-electron chi connectivity index (χ2n) is 8.55. The second-order valence-corrected chi connectivity index (χ2v) is 8.55. The number of rotatable bonds is 4. The second kappa shape index (κ2) is 6.36. The molecule has 2 fully saturated rings. The van der Waals surface area contributed by atoms with Crippen LogP contribution >= 0.6 is 0 Å². The highest BCUT2D eigenvalue weighted by Crippen LogP contribution is 2.44. The van der Waals surface area contributed by atoms with Gasteiger partial charge in [-0.1, -0.05) is 47.0 Å². The molecule has 2 heteroatoms. The van der Waals surface area contributed by atoms with Crippen molar-refractivity contribution in [3.63, 3.8) is 0 Å². The summed E-state index contributed by atoms with van der Waals surface area (Å²) < 4.78 is 0. The lowest BCUT2D eigenvalue weighted by Crippen LogP contribution is -2.50. The number of nitrogens with one attached hydrogen (secondary N) is 1. The van der Waals surface area contributed by atoms with Gasteiger partial charge in [0.2, 0.25) is 0 Å². The molecule has 0 heterocycles. The Bertz CT molecular complexity index is 305. The summed E-state index contributed by atoms with van der Waals surface area (Å²) in [6.45, 7) is 12.1. The van der Waals surface area contributed by atoms with Crippen LogP contribution in [0.4, 0.5) is 0 Å². The largest absolute Gasteiger partial charge is 0.327 e. The summed E-state index contributed by atoms with van der Waals surface area (Å²) >= 11 is 0. The number of nitrogens with two attached hydrogens (primary N) is 1. The summed E-state index contributed by atoms with van der Waals surface area (Å²) in [5.74, 6) is 1.41. The molecular formula is C18H36N2. The molecule has 0 aromatic carbocycles. The third kappa shape index (κ3) is 3.57. The van der Waals surface area contributed by atoms with Crippen LogP contribution < -0.4 is 11.1 Å². The maximum absolute atomic E-state index is 6.26. The molecule has 2 aliphatic carbocycles. The molecule has 2 aliphatic rings. The molecule has 20 heavy (non-hydrogen) atoms. The molecule has 3 unspecified atom stereocenters. The molecule has 0 aromatic rings. The van der Waals surface area contributed by atoms with Gasteiger partial charge in [0.1, 0.15) is 0 Å². The van der Waals surface area contributed by atoms with E-state index in [0.717, 1.165) is 5.92 Å². The van der Waals surface area contributed by atoms with Gasteiger partial charge in [-0.2, -0.15) is 0 Å². The van der Waals surface area contributed by atoms with E-state index in [9.17, 15) is 0 Å². The van der Waals surface area contributed by atoms with Crippen LogP contribution in [0.25, 0.3) is 0 Å². The highest BCUT2D eigenvalue weighted by Gasteiger charge is 2.41. The standard InChI is InChI=1S/C18H36N2/c1-14-16(19)9-8-15(17(14,2)3)12-20-13-18(4)10-6-5-7-11-18/h14-16,20H,5-13,19H2,1-4H3. The fourth-order valence-corrected chi connectivity index (χ4v) is 4.43. The van der Waals surface area contributed by atoms with E-state index in [1.807, 2.05) is 0 Å². The van der Waals surface area contributed by atoms with Gasteiger partial charge in [0.05, 0.1) is 0 Å². The molecule has 0 saturated heterocycles. The van der Waals surface area contributed by atoms with Crippen molar-refractivity contribution in [3.8, 4) is 0 Å². The van der Waals surface area contributed by atoms with Crippen molar-refractivity contribution in [1.82, 2.24) is 5.32 Å². The van der Waals surface area contributed by atoms with Crippen molar-refractivity contribution in [3.05, 3.63) is 0 Å². The Kier molecular flexibility index (Phi) is 5.18. The highest BCUT2D eigenvalue weighted by atomic mass is 14.9. The van der Waals surface area contributed by atoms with Crippen LogP contribution in [0.15, 0.2) is 0 Å². The number of hydrogen-bond donors (Lipinski definition) is 2. The third-order valence-electron chi connectivity index (χ3n) is 6.72. The van der Waals surface area contributed by atoms with Crippen LogP contribution in [0, 0.1) is 22.7 Å². The van der Waals surface area contributed by atoms with Crippen molar-refractivity contribution >= 4 is 0 Å².